The van der Waals surface area contributed by atoms with Crippen molar-refractivity contribution in [3.05, 3.63) is 0 Å². The molecule has 1 saturated carbocycles. The van der Waals surface area contributed by atoms with Gasteiger partial charge in [0.1, 0.15) is 0 Å². The highest BCUT2D eigenvalue weighted by Gasteiger charge is 2.40. The third-order valence-corrected chi connectivity index (χ3v) is 4.87. The van der Waals surface area contributed by atoms with Crippen molar-refractivity contribution in [2.24, 2.45) is 0 Å². The van der Waals surface area contributed by atoms with E-state index in [2.05, 4.69) is 24.1 Å². The van der Waals surface area contributed by atoms with E-state index in [9.17, 15) is 0 Å². The molecule has 1 atom stereocenters. The number of hydrogen-bond donors (Lipinski definition) is 1. The van der Waals surface area contributed by atoms with Gasteiger partial charge in [-0.25, -0.2) is 0 Å². The molecule has 0 aromatic heterocycles. The van der Waals surface area contributed by atoms with E-state index < -0.39 is 0 Å². The van der Waals surface area contributed by atoms with Crippen LogP contribution in [0.5, 0.6) is 0 Å². The van der Waals surface area contributed by atoms with Crippen LogP contribution in [0.1, 0.15) is 58.8 Å². The Kier molecular flexibility index (Phi) is 6.11. The number of hydrogen-bond acceptors (Lipinski definition) is 3. The Hall–Kier alpha value is -0.120. The normalized spacial score (nSPS) is 26.4. The topological polar surface area (TPSA) is 24.5 Å². The highest BCUT2D eigenvalue weighted by Crippen LogP contribution is 2.41. The van der Waals surface area contributed by atoms with Crippen LogP contribution >= 0.6 is 0 Å². The molecule has 2 aliphatic rings. The second-order valence-corrected chi connectivity index (χ2v) is 6.27. The van der Waals surface area contributed by atoms with Crippen molar-refractivity contribution >= 4 is 0 Å². The smallest absolute Gasteiger partial charge is 0.0710 e. The Morgan fingerprint density at radius 1 is 1.16 bits per heavy atom. The number of likely N-dealkylation sites (N-methyl/N-ethyl adjacent to an activating group) is 2. The number of nitrogens with one attached hydrogen (secondary N) is 1. The molecule has 1 aliphatic carbocycles. The molecule has 0 bridgehead atoms. The van der Waals surface area contributed by atoms with E-state index in [-0.39, 0.29) is 5.60 Å². The largest absolute Gasteiger partial charge is 0.370 e. The van der Waals surface area contributed by atoms with E-state index in [1.165, 1.54) is 44.9 Å². The lowest BCUT2D eigenvalue weighted by Gasteiger charge is -2.34. The maximum absolute atomic E-state index is 6.47. The van der Waals surface area contributed by atoms with Gasteiger partial charge in [-0.1, -0.05) is 33.1 Å². The van der Waals surface area contributed by atoms with E-state index in [4.69, 9.17) is 4.74 Å². The highest BCUT2D eigenvalue weighted by molar-refractivity contribution is 4.92. The van der Waals surface area contributed by atoms with Gasteiger partial charge in [-0.3, -0.25) is 4.90 Å². The van der Waals surface area contributed by atoms with Gasteiger partial charge in [0, 0.05) is 19.6 Å². The van der Waals surface area contributed by atoms with Crippen LogP contribution in [-0.4, -0.2) is 49.3 Å². The second kappa shape index (κ2) is 7.61. The van der Waals surface area contributed by atoms with E-state index in [0.717, 1.165) is 32.7 Å². The summed E-state index contributed by atoms with van der Waals surface area (Å²) in [4.78, 5) is 2.54. The summed E-state index contributed by atoms with van der Waals surface area (Å²) in [5.74, 6) is 0. The molecule has 3 heteroatoms. The van der Waals surface area contributed by atoms with Crippen molar-refractivity contribution in [3.63, 3.8) is 0 Å². The van der Waals surface area contributed by atoms with Crippen LogP contribution in [0.3, 0.4) is 0 Å². The summed E-state index contributed by atoms with van der Waals surface area (Å²) < 4.78 is 6.47. The van der Waals surface area contributed by atoms with Gasteiger partial charge >= 0.3 is 0 Å². The Morgan fingerprint density at radius 3 is 2.63 bits per heavy atom. The first-order valence-electron chi connectivity index (χ1n) is 8.39. The van der Waals surface area contributed by atoms with Crippen molar-refractivity contribution in [1.29, 1.82) is 0 Å². The van der Waals surface area contributed by atoms with Gasteiger partial charge in [0.25, 0.3) is 0 Å². The lowest BCUT2D eigenvalue weighted by atomic mass is 9.83. The lowest BCUT2D eigenvalue weighted by Crippen LogP contribution is -2.39. The zero-order chi connectivity index (χ0) is 13.6. The van der Waals surface area contributed by atoms with E-state index in [1.807, 2.05) is 0 Å². The van der Waals surface area contributed by atoms with Crippen LogP contribution in [0, 0.1) is 0 Å². The van der Waals surface area contributed by atoms with E-state index >= 15 is 0 Å². The Labute approximate surface area is 119 Å². The molecule has 1 heterocycles. The van der Waals surface area contributed by atoms with Gasteiger partial charge in [-0.05, 0) is 38.8 Å². The standard InChI is InChI=1S/C16H32N2O/c1-3-17-12-13-18(4-2)14-15-8-11-16(19-15)9-6-5-7-10-16/h15,17H,3-14H2,1-2H3. The van der Waals surface area contributed by atoms with Crippen molar-refractivity contribution < 1.29 is 4.74 Å². The fourth-order valence-corrected chi connectivity index (χ4v) is 3.67. The highest BCUT2D eigenvalue weighted by atomic mass is 16.5. The first-order chi connectivity index (χ1) is 9.28. The van der Waals surface area contributed by atoms with E-state index in [0.29, 0.717) is 6.10 Å². The van der Waals surface area contributed by atoms with Gasteiger partial charge in [0.05, 0.1) is 11.7 Å². The van der Waals surface area contributed by atoms with Crippen LogP contribution in [0.15, 0.2) is 0 Å². The average molecular weight is 268 g/mol. The van der Waals surface area contributed by atoms with Crippen LogP contribution in [0.25, 0.3) is 0 Å². The summed E-state index contributed by atoms with van der Waals surface area (Å²) in [5, 5.41) is 3.41. The summed E-state index contributed by atoms with van der Waals surface area (Å²) in [6.45, 7) is 10.0. The van der Waals surface area contributed by atoms with Crippen LogP contribution in [0.2, 0.25) is 0 Å². The summed E-state index contributed by atoms with van der Waals surface area (Å²) in [6, 6.07) is 0. The molecule has 0 radical (unpaired) electrons. The maximum atomic E-state index is 6.47. The monoisotopic (exact) mass is 268 g/mol. The minimum Gasteiger partial charge on any atom is -0.370 e. The van der Waals surface area contributed by atoms with Crippen molar-refractivity contribution in [1.82, 2.24) is 10.2 Å². The summed E-state index contributed by atoms with van der Waals surface area (Å²) in [7, 11) is 0. The third-order valence-electron chi connectivity index (χ3n) is 4.87. The first-order valence-corrected chi connectivity index (χ1v) is 8.39. The molecular weight excluding hydrogens is 236 g/mol. The summed E-state index contributed by atoms with van der Waals surface area (Å²) >= 11 is 0. The summed E-state index contributed by atoms with van der Waals surface area (Å²) in [5.41, 5.74) is 0.282. The molecule has 1 spiro atoms. The minimum atomic E-state index is 0.282. The molecule has 2 fully saturated rings. The molecule has 1 unspecified atom stereocenters. The van der Waals surface area contributed by atoms with Gasteiger partial charge < -0.3 is 10.1 Å². The molecule has 3 nitrogen and oxygen atoms in total. The first kappa shape index (κ1) is 15.3. The Balaban J connectivity index is 1.73. The molecular formula is C16H32N2O. The number of rotatable bonds is 7. The van der Waals surface area contributed by atoms with Crippen molar-refractivity contribution in [2.75, 3.05) is 32.7 Å². The van der Waals surface area contributed by atoms with Gasteiger partial charge in [-0.15, -0.1) is 0 Å². The average Bonchev–Trinajstić information content (AvgIpc) is 2.81. The molecule has 19 heavy (non-hydrogen) atoms. The van der Waals surface area contributed by atoms with Crippen LogP contribution in [0.4, 0.5) is 0 Å². The number of nitrogens with zero attached hydrogens (tertiary/aromatic N) is 1. The molecule has 1 N–H and O–H groups in total. The van der Waals surface area contributed by atoms with Gasteiger partial charge in [-0.2, -0.15) is 0 Å². The SMILES string of the molecule is CCNCCN(CC)CC1CCC2(CCCCC2)O1. The minimum absolute atomic E-state index is 0.282. The van der Waals surface area contributed by atoms with Crippen LogP contribution in [-0.2, 0) is 4.74 Å². The molecule has 2 rings (SSSR count). The van der Waals surface area contributed by atoms with E-state index in [1.54, 1.807) is 0 Å². The number of ether oxygens (including phenoxy) is 1. The molecule has 112 valence electrons. The Morgan fingerprint density at radius 2 is 1.95 bits per heavy atom. The summed E-state index contributed by atoms with van der Waals surface area (Å²) in [6.07, 6.45) is 9.87. The quantitative estimate of drug-likeness (QED) is 0.719. The molecule has 1 aliphatic heterocycles. The predicted molar refractivity (Wildman–Crippen MR) is 80.6 cm³/mol. The molecule has 0 aromatic rings. The zero-order valence-electron chi connectivity index (χ0n) is 12.9. The van der Waals surface area contributed by atoms with Crippen LogP contribution < -0.4 is 5.32 Å². The zero-order valence-corrected chi connectivity index (χ0v) is 12.9. The van der Waals surface area contributed by atoms with Gasteiger partial charge in [0.2, 0.25) is 0 Å². The lowest BCUT2D eigenvalue weighted by molar-refractivity contribution is -0.0714. The third kappa shape index (κ3) is 4.44. The molecule has 0 amide bonds. The Bertz CT molecular complexity index is 251. The maximum Gasteiger partial charge on any atom is 0.0710 e. The molecule has 0 aromatic carbocycles. The van der Waals surface area contributed by atoms with Crippen molar-refractivity contribution in [3.8, 4) is 0 Å². The van der Waals surface area contributed by atoms with Crippen molar-refractivity contribution in [2.45, 2.75) is 70.5 Å². The predicted octanol–water partition coefficient (Wildman–Crippen LogP) is 2.80. The van der Waals surface area contributed by atoms with Gasteiger partial charge in [0.15, 0.2) is 0 Å². The fraction of sp³-hybridized carbons (Fsp3) is 1.00. The fourth-order valence-electron chi connectivity index (χ4n) is 3.67. The second-order valence-electron chi connectivity index (χ2n) is 6.27. The molecule has 1 saturated heterocycles.